The van der Waals surface area contributed by atoms with Crippen LogP contribution in [0.1, 0.15) is 16.9 Å². The second kappa shape index (κ2) is 5.61. The lowest BCUT2D eigenvalue weighted by atomic mass is 10.1. The SMILES string of the molecule is NCC1CCN(C(=O)c2cn(-c3ccc(F)cc3)nn2)C1. The highest BCUT2D eigenvalue weighted by Crippen LogP contribution is 2.17. The monoisotopic (exact) mass is 289 g/mol. The zero-order valence-corrected chi connectivity index (χ0v) is 11.4. The summed E-state index contributed by atoms with van der Waals surface area (Å²) in [6.45, 7) is 1.95. The molecule has 1 aromatic heterocycles. The number of halogens is 1. The maximum atomic E-state index is 12.9. The first kappa shape index (κ1) is 13.7. The fourth-order valence-corrected chi connectivity index (χ4v) is 2.45. The molecular weight excluding hydrogens is 273 g/mol. The molecule has 0 saturated carbocycles. The van der Waals surface area contributed by atoms with Crippen LogP contribution in [0.3, 0.4) is 0 Å². The lowest BCUT2D eigenvalue weighted by Gasteiger charge is -2.13. The topological polar surface area (TPSA) is 77.0 Å². The van der Waals surface area contributed by atoms with Gasteiger partial charge in [0.2, 0.25) is 0 Å². The van der Waals surface area contributed by atoms with Crippen molar-refractivity contribution < 1.29 is 9.18 Å². The third-order valence-electron chi connectivity index (χ3n) is 3.71. The Kier molecular flexibility index (Phi) is 3.66. The van der Waals surface area contributed by atoms with E-state index in [-0.39, 0.29) is 17.4 Å². The molecule has 1 atom stereocenters. The zero-order chi connectivity index (χ0) is 14.8. The molecule has 1 unspecified atom stereocenters. The molecule has 1 aromatic carbocycles. The normalized spacial score (nSPS) is 18.2. The quantitative estimate of drug-likeness (QED) is 0.908. The third kappa shape index (κ3) is 2.78. The number of carbonyl (C=O) groups excluding carboxylic acids is 1. The lowest BCUT2D eigenvalue weighted by molar-refractivity contribution is 0.0781. The summed E-state index contributed by atoms with van der Waals surface area (Å²) in [6.07, 6.45) is 2.49. The second-order valence-corrected chi connectivity index (χ2v) is 5.17. The maximum Gasteiger partial charge on any atom is 0.276 e. The smallest absolute Gasteiger partial charge is 0.276 e. The first-order chi connectivity index (χ1) is 10.2. The summed E-state index contributed by atoms with van der Waals surface area (Å²) in [5.74, 6) is -0.0968. The number of nitrogens with zero attached hydrogens (tertiary/aromatic N) is 4. The molecule has 6 nitrogen and oxygen atoms in total. The van der Waals surface area contributed by atoms with Crippen LogP contribution in [0, 0.1) is 11.7 Å². The van der Waals surface area contributed by atoms with Gasteiger partial charge in [-0.15, -0.1) is 5.10 Å². The summed E-state index contributed by atoms with van der Waals surface area (Å²) in [5, 5.41) is 7.83. The molecule has 2 N–H and O–H groups in total. The Labute approximate surface area is 121 Å². The molecular formula is C14H16FN5O. The number of hydrogen-bond donors (Lipinski definition) is 1. The van der Waals surface area contributed by atoms with Gasteiger partial charge in [0.05, 0.1) is 11.9 Å². The van der Waals surface area contributed by atoms with E-state index in [2.05, 4.69) is 10.3 Å². The van der Waals surface area contributed by atoms with Gasteiger partial charge in [-0.3, -0.25) is 4.79 Å². The molecule has 2 heterocycles. The van der Waals surface area contributed by atoms with Crippen LogP contribution in [0.2, 0.25) is 0 Å². The fourth-order valence-electron chi connectivity index (χ4n) is 2.45. The first-order valence-corrected chi connectivity index (χ1v) is 6.85. The van der Waals surface area contributed by atoms with Crippen molar-refractivity contribution in [2.24, 2.45) is 11.7 Å². The molecule has 110 valence electrons. The number of nitrogens with two attached hydrogens (primary N) is 1. The largest absolute Gasteiger partial charge is 0.337 e. The number of aromatic nitrogens is 3. The van der Waals surface area contributed by atoms with Crippen molar-refractivity contribution in [1.82, 2.24) is 19.9 Å². The molecule has 1 fully saturated rings. The summed E-state index contributed by atoms with van der Waals surface area (Å²) < 4.78 is 14.4. The predicted molar refractivity (Wildman–Crippen MR) is 74.4 cm³/mol. The average Bonchev–Trinajstić information content (AvgIpc) is 3.16. The molecule has 21 heavy (non-hydrogen) atoms. The Morgan fingerprint density at radius 1 is 1.38 bits per heavy atom. The minimum Gasteiger partial charge on any atom is -0.337 e. The second-order valence-electron chi connectivity index (χ2n) is 5.17. The molecule has 3 rings (SSSR count). The van der Waals surface area contributed by atoms with Crippen LogP contribution < -0.4 is 5.73 Å². The van der Waals surface area contributed by atoms with E-state index in [9.17, 15) is 9.18 Å². The van der Waals surface area contributed by atoms with Crippen LogP contribution in [-0.2, 0) is 0 Å². The minimum atomic E-state index is -0.319. The molecule has 2 aromatic rings. The van der Waals surface area contributed by atoms with Crippen molar-refractivity contribution in [2.75, 3.05) is 19.6 Å². The molecule has 1 amide bonds. The van der Waals surface area contributed by atoms with E-state index < -0.39 is 0 Å². The molecule has 1 aliphatic rings. The number of amides is 1. The van der Waals surface area contributed by atoms with E-state index in [4.69, 9.17) is 5.73 Å². The van der Waals surface area contributed by atoms with E-state index >= 15 is 0 Å². The predicted octanol–water partition coefficient (Wildman–Crippen LogP) is 0.827. The molecule has 1 aliphatic heterocycles. The molecule has 0 bridgehead atoms. The number of carbonyl (C=O) groups is 1. The summed E-state index contributed by atoms with van der Waals surface area (Å²) in [4.78, 5) is 14.1. The van der Waals surface area contributed by atoms with Gasteiger partial charge in [-0.25, -0.2) is 9.07 Å². The van der Waals surface area contributed by atoms with Gasteiger partial charge in [0.25, 0.3) is 5.91 Å². The fraction of sp³-hybridized carbons (Fsp3) is 0.357. The Balaban J connectivity index is 1.75. The van der Waals surface area contributed by atoms with Crippen molar-refractivity contribution in [3.8, 4) is 5.69 Å². The summed E-state index contributed by atoms with van der Waals surface area (Å²) >= 11 is 0. The zero-order valence-electron chi connectivity index (χ0n) is 11.4. The van der Waals surface area contributed by atoms with E-state index in [0.29, 0.717) is 31.2 Å². The number of benzene rings is 1. The van der Waals surface area contributed by atoms with Crippen molar-refractivity contribution in [3.05, 3.63) is 42.0 Å². The van der Waals surface area contributed by atoms with Gasteiger partial charge in [0.15, 0.2) is 5.69 Å². The molecule has 0 radical (unpaired) electrons. The number of rotatable bonds is 3. The highest BCUT2D eigenvalue weighted by molar-refractivity contribution is 5.92. The van der Waals surface area contributed by atoms with Gasteiger partial charge in [0, 0.05) is 13.1 Å². The Morgan fingerprint density at radius 2 is 2.14 bits per heavy atom. The van der Waals surface area contributed by atoms with Crippen LogP contribution in [0.25, 0.3) is 5.69 Å². The lowest BCUT2D eigenvalue weighted by Crippen LogP contribution is -2.30. The van der Waals surface area contributed by atoms with E-state index in [1.807, 2.05) is 0 Å². The van der Waals surface area contributed by atoms with Crippen LogP contribution in [0.15, 0.2) is 30.5 Å². The summed E-state index contributed by atoms with van der Waals surface area (Å²) in [7, 11) is 0. The maximum absolute atomic E-state index is 12.9. The first-order valence-electron chi connectivity index (χ1n) is 6.85. The minimum absolute atomic E-state index is 0.140. The third-order valence-corrected chi connectivity index (χ3v) is 3.71. The van der Waals surface area contributed by atoms with Crippen molar-refractivity contribution in [2.45, 2.75) is 6.42 Å². The molecule has 0 spiro atoms. The van der Waals surface area contributed by atoms with Gasteiger partial charge in [-0.1, -0.05) is 5.21 Å². The van der Waals surface area contributed by atoms with Gasteiger partial charge >= 0.3 is 0 Å². The van der Waals surface area contributed by atoms with Gasteiger partial charge in [-0.05, 0) is 43.1 Å². The van der Waals surface area contributed by atoms with Crippen molar-refractivity contribution in [3.63, 3.8) is 0 Å². The van der Waals surface area contributed by atoms with Crippen LogP contribution >= 0.6 is 0 Å². The summed E-state index contributed by atoms with van der Waals surface area (Å²) in [5.41, 5.74) is 6.57. The Bertz CT molecular complexity index is 639. The van der Waals surface area contributed by atoms with E-state index in [1.165, 1.54) is 16.8 Å². The highest BCUT2D eigenvalue weighted by atomic mass is 19.1. The highest BCUT2D eigenvalue weighted by Gasteiger charge is 2.27. The number of hydrogen-bond acceptors (Lipinski definition) is 4. The van der Waals surface area contributed by atoms with Gasteiger partial charge < -0.3 is 10.6 Å². The standard InChI is InChI=1S/C14H16FN5O/c15-11-1-3-12(4-2-11)20-9-13(17-18-20)14(21)19-6-5-10(7-16)8-19/h1-4,9-10H,5-8,16H2. The number of likely N-dealkylation sites (tertiary alicyclic amines) is 1. The van der Waals surface area contributed by atoms with Gasteiger partial charge in [0.1, 0.15) is 5.82 Å². The molecule has 0 aliphatic carbocycles. The van der Waals surface area contributed by atoms with Crippen LogP contribution in [0.5, 0.6) is 0 Å². The Hall–Kier alpha value is -2.28. The average molecular weight is 289 g/mol. The molecule has 7 heteroatoms. The van der Waals surface area contributed by atoms with Crippen molar-refractivity contribution in [1.29, 1.82) is 0 Å². The van der Waals surface area contributed by atoms with Gasteiger partial charge in [-0.2, -0.15) is 0 Å². The van der Waals surface area contributed by atoms with Crippen molar-refractivity contribution >= 4 is 5.91 Å². The summed E-state index contributed by atoms with van der Waals surface area (Å²) in [6, 6.07) is 5.84. The van der Waals surface area contributed by atoms with E-state index in [1.54, 1.807) is 23.2 Å². The molecule has 1 saturated heterocycles. The van der Waals surface area contributed by atoms with E-state index in [0.717, 1.165) is 6.42 Å². The van der Waals surface area contributed by atoms with Crippen LogP contribution in [0.4, 0.5) is 4.39 Å². The van der Waals surface area contributed by atoms with Crippen LogP contribution in [-0.4, -0.2) is 45.4 Å². The Morgan fingerprint density at radius 3 is 2.81 bits per heavy atom.